The van der Waals surface area contributed by atoms with Gasteiger partial charge in [0.05, 0.1) is 5.71 Å². The first-order chi connectivity index (χ1) is 10.7. The summed E-state index contributed by atoms with van der Waals surface area (Å²) in [5, 5.41) is 7.11. The molecule has 2 rings (SSSR count). The maximum absolute atomic E-state index is 11.4. The normalized spacial score (nSPS) is 15.2. The van der Waals surface area contributed by atoms with Crippen LogP contribution in [-0.4, -0.2) is 18.2 Å². The lowest BCUT2D eigenvalue weighted by atomic mass is 9.90. The van der Waals surface area contributed by atoms with Crippen molar-refractivity contribution in [1.82, 2.24) is 0 Å². The number of anilines is 1. The molecule has 0 saturated heterocycles. The Hall–Kier alpha value is -2.10. The third-order valence-corrected chi connectivity index (χ3v) is 3.74. The maximum Gasteiger partial charge on any atom is 0.247 e. The van der Waals surface area contributed by atoms with Gasteiger partial charge in [0.1, 0.15) is 6.61 Å². The highest BCUT2D eigenvalue weighted by atomic mass is 16.6. The van der Waals surface area contributed by atoms with Gasteiger partial charge in [-0.3, -0.25) is 4.79 Å². The number of hydrogen-bond donors (Lipinski definition) is 1. The Morgan fingerprint density at radius 3 is 3.05 bits per heavy atom. The van der Waals surface area contributed by atoms with Crippen LogP contribution in [0.15, 0.2) is 36.0 Å². The van der Waals surface area contributed by atoms with E-state index in [1.807, 2.05) is 18.2 Å². The summed E-state index contributed by atoms with van der Waals surface area (Å²) < 4.78 is 0. The second kappa shape index (κ2) is 8.37. The van der Waals surface area contributed by atoms with E-state index in [0.717, 1.165) is 42.6 Å². The average molecular weight is 300 g/mol. The number of hydrogen-bond acceptors (Lipinski definition) is 3. The minimum Gasteiger partial charge on any atom is -0.396 e. The van der Waals surface area contributed by atoms with E-state index in [1.54, 1.807) is 0 Å². The lowest BCUT2D eigenvalue weighted by Gasteiger charge is -2.18. The van der Waals surface area contributed by atoms with E-state index in [-0.39, 0.29) is 5.91 Å². The number of oxime groups is 1. The van der Waals surface area contributed by atoms with Crippen molar-refractivity contribution in [3.8, 4) is 0 Å². The predicted molar refractivity (Wildman–Crippen MR) is 90.2 cm³/mol. The van der Waals surface area contributed by atoms with Crippen LogP contribution in [0.1, 0.15) is 50.2 Å². The number of rotatable bonds is 7. The Morgan fingerprint density at radius 1 is 1.41 bits per heavy atom. The van der Waals surface area contributed by atoms with Gasteiger partial charge in [-0.25, -0.2) is 0 Å². The molecule has 1 aliphatic carbocycles. The maximum atomic E-state index is 11.4. The topological polar surface area (TPSA) is 50.7 Å². The van der Waals surface area contributed by atoms with E-state index >= 15 is 0 Å². The summed E-state index contributed by atoms with van der Waals surface area (Å²) in [5.41, 5.74) is 4.16. The third-order valence-electron chi connectivity index (χ3n) is 3.74. The molecular weight excluding hydrogens is 276 g/mol. The van der Waals surface area contributed by atoms with Crippen LogP contribution in [0.5, 0.6) is 0 Å². The summed E-state index contributed by atoms with van der Waals surface area (Å²) in [6.07, 6.45) is 7.68. The van der Waals surface area contributed by atoms with E-state index in [4.69, 9.17) is 4.84 Å². The van der Waals surface area contributed by atoms with Crippen molar-refractivity contribution >= 4 is 17.3 Å². The Balaban J connectivity index is 2.05. The average Bonchev–Trinajstić information content (AvgIpc) is 2.54. The summed E-state index contributed by atoms with van der Waals surface area (Å²) in [7, 11) is 0. The van der Waals surface area contributed by atoms with Crippen LogP contribution in [0.4, 0.5) is 5.69 Å². The van der Waals surface area contributed by atoms with Gasteiger partial charge in [0.25, 0.3) is 0 Å². The molecule has 4 nitrogen and oxygen atoms in total. The van der Waals surface area contributed by atoms with Crippen LogP contribution in [0.25, 0.3) is 0 Å². The highest BCUT2D eigenvalue weighted by molar-refractivity contribution is 6.03. The lowest BCUT2D eigenvalue weighted by Crippen LogP contribution is -2.14. The first kappa shape index (κ1) is 16.3. The summed E-state index contributed by atoms with van der Waals surface area (Å²) in [5.74, 6) is -0.191. The van der Waals surface area contributed by atoms with Gasteiger partial charge in [0.15, 0.2) is 0 Å². The van der Waals surface area contributed by atoms with Gasteiger partial charge < -0.3 is 10.2 Å². The molecular formula is C18H24N2O2. The van der Waals surface area contributed by atoms with Gasteiger partial charge in [0.2, 0.25) is 5.91 Å². The molecule has 1 amide bonds. The fraction of sp³-hybridized carbons (Fsp3) is 0.444. The van der Waals surface area contributed by atoms with Crippen LogP contribution in [0.3, 0.4) is 0 Å². The molecule has 0 atom stereocenters. The molecule has 0 aliphatic heterocycles. The number of aryl methyl sites for hydroxylation is 1. The monoisotopic (exact) mass is 300 g/mol. The van der Waals surface area contributed by atoms with E-state index < -0.39 is 0 Å². The zero-order chi connectivity index (χ0) is 15.8. The highest BCUT2D eigenvalue weighted by Crippen LogP contribution is 2.25. The number of nitrogens with zero attached hydrogens (tertiary/aromatic N) is 1. The largest absolute Gasteiger partial charge is 0.396 e. The minimum atomic E-state index is -0.191. The van der Waals surface area contributed by atoms with Crippen molar-refractivity contribution in [1.29, 1.82) is 0 Å². The zero-order valence-electron chi connectivity index (χ0n) is 13.2. The second-order valence-electron chi connectivity index (χ2n) is 5.50. The highest BCUT2D eigenvalue weighted by Gasteiger charge is 2.16. The van der Waals surface area contributed by atoms with Crippen LogP contribution in [0.2, 0.25) is 0 Å². The number of fused-ring (bicyclic) bond motifs is 1. The molecule has 1 aromatic carbocycles. The molecule has 0 saturated carbocycles. The first-order valence-corrected chi connectivity index (χ1v) is 8.00. The predicted octanol–water partition coefficient (Wildman–Crippen LogP) is 4.06. The molecule has 0 spiro atoms. The molecule has 1 aromatic rings. The second-order valence-corrected chi connectivity index (χ2v) is 5.50. The molecule has 22 heavy (non-hydrogen) atoms. The van der Waals surface area contributed by atoms with E-state index in [1.165, 1.54) is 24.5 Å². The molecule has 0 fully saturated rings. The van der Waals surface area contributed by atoms with Crippen LogP contribution < -0.4 is 5.32 Å². The Morgan fingerprint density at radius 2 is 2.27 bits per heavy atom. The zero-order valence-corrected chi connectivity index (χ0v) is 13.2. The van der Waals surface area contributed by atoms with Gasteiger partial charge >= 0.3 is 0 Å². The molecule has 0 unspecified atom stereocenters. The molecule has 0 heterocycles. The fourth-order valence-electron chi connectivity index (χ4n) is 2.57. The van der Waals surface area contributed by atoms with Crippen molar-refractivity contribution in [2.45, 2.75) is 45.4 Å². The van der Waals surface area contributed by atoms with Gasteiger partial charge in [-0.2, -0.15) is 0 Å². The fourth-order valence-corrected chi connectivity index (χ4v) is 2.57. The molecule has 0 bridgehead atoms. The smallest absolute Gasteiger partial charge is 0.247 e. The van der Waals surface area contributed by atoms with Gasteiger partial charge in [-0.15, -0.1) is 0 Å². The minimum absolute atomic E-state index is 0.191. The SMILES string of the molecule is C=CC(=O)Nc1ccc2c(c1)CCC/C2=N\OCCCCC. The number of benzene rings is 1. The quantitative estimate of drug-likeness (QED) is 0.469. The summed E-state index contributed by atoms with van der Waals surface area (Å²) in [6, 6.07) is 5.93. The van der Waals surface area contributed by atoms with E-state index in [0.29, 0.717) is 6.61 Å². The standard InChI is InChI=1S/C18H24N2O2/c1-3-5-6-12-22-20-17-9-7-8-14-13-15(10-11-16(14)17)19-18(21)4-2/h4,10-11,13H,2-3,5-9,12H2,1H3,(H,19,21)/b20-17+. The van der Waals surface area contributed by atoms with E-state index in [9.17, 15) is 4.79 Å². The summed E-state index contributed by atoms with van der Waals surface area (Å²) in [6.45, 7) is 6.32. The van der Waals surface area contributed by atoms with Crippen molar-refractivity contribution in [2.24, 2.45) is 5.16 Å². The van der Waals surface area contributed by atoms with Crippen LogP contribution >= 0.6 is 0 Å². The lowest BCUT2D eigenvalue weighted by molar-refractivity contribution is -0.111. The molecule has 118 valence electrons. The van der Waals surface area contributed by atoms with Crippen molar-refractivity contribution < 1.29 is 9.63 Å². The third kappa shape index (κ3) is 4.45. The van der Waals surface area contributed by atoms with Gasteiger partial charge in [-0.05, 0) is 49.5 Å². The number of amides is 1. The van der Waals surface area contributed by atoms with Crippen molar-refractivity contribution in [2.75, 3.05) is 11.9 Å². The Kier molecular flexibility index (Phi) is 6.19. The van der Waals surface area contributed by atoms with E-state index in [2.05, 4.69) is 24.0 Å². The van der Waals surface area contributed by atoms with Crippen LogP contribution in [-0.2, 0) is 16.1 Å². The number of carbonyl (C=O) groups is 1. The number of carbonyl (C=O) groups excluding carboxylic acids is 1. The Bertz CT molecular complexity index is 564. The van der Waals surface area contributed by atoms with Gasteiger partial charge in [-0.1, -0.05) is 37.6 Å². The molecule has 1 aliphatic rings. The van der Waals surface area contributed by atoms with Crippen molar-refractivity contribution in [3.05, 3.63) is 42.0 Å². The molecule has 4 heteroatoms. The first-order valence-electron chi connectivity index (χ1n) is 8.00. The summed E-state index contributed by atoms with van der Waals surface area (Å²) >= 11 is 0. The number of unbranched alkanes of at least 4 members (excludes halogenated alkanes) is 2. The Labute approximate surface area is 132 Å². The molecule has 1 N–H and O–H groups in total. The van der Waals surface area contributed by atoms with Crippen molar-refractivity contribution in [3.63, 3.8) is 0 Å². The molecule has 0 aromatic heterocycles. The molecule has 0 radical (unpaired) electrons. The van der Waals surface area contributed by atoms with Crippen LogP contribution in [0, 0.1) is 0 Å². The van der Waals surface area contributed by atoms with Gasteiger partial charge in [0, 0.05) is 11.3 Å². The number of nitrogens with one attached hydrogen (secondary N) is 1. The summed E-state index contributed by atoms with van der Waals surface area (Å²) in [4.78, 5) is 16.8.